The highest BCUT2D eigenvalue weighted by atomic mass is 16.3. The third-order valence-corrected chi connectivity index (χ3v) is 4.02. The van der Waals surface area contributed by atoms with E-state index < -0.39 is 0 Å². The number of hydrogen-bond donors (Lipinski definition) is 3. The van der Waals surface area contributed by atoms with Crippen LogP contribution >= 0.6 is 0 Å². The van der Waals surface area contributed by atoms with Crippen LogP contribution < -0.4 is 5.32 Å². The van der Waals surface area contributed by atoms with Crippen LogP contribution in [0.25, 0.3) is 0 Å². The number of para-hydroxylation sites is 1. The van der Waals surface area contributed by atoms with E-state index in [-0.39, 0.29) is 18.3 Å². The Kier molecular flexibility index (Phi) is 6.02. The molecule has 3 N–H and O–H groups in total. The number of aliphatic hydroxyl groups is 1. The summed E-state index contributed by atoms with van der Waals surface area (Å²) in [6, 6.07) is 6.87. The van der Waals surface area contributed by atoms with Crippen LogP contribution in [0.15, 0.2) is 24.3 Å². The van der Waals surface area contributed by atoms with Gasteiger partial charge in [-0.3, -0.25) is 9.69 Å². The van der Waals surface area contributed by atoms with Gasteiger partial charge in [0.15, 0.2) is 0 Å². The number of nitrogens with one attached hydrogen (secondary N) is 1. The number of likely N-dealkylation sites (tertiary alicyclic amines) is 1. The van der Waals surface area contributed by atoms with Gasteiger partial charge in [0.25, 0.3) is 5.91 Å². The fourth-order valence-corrected chi connectivity index (χ4v) is 2.80. The van der Waals surface area contributed by atoms with E-state index in [0.29, 0.717) is 18.2 Å². The number of carbonyl (C=O) groups excluding carboxylic acids is 1. The minimum Gasteiger partial charge on any atom is -0.507 e. The van der Waals surface area contributed by atoms with Crippen molar-refractivity contribution >= 4 is 5.91 Å². The van der Waals surface area contributed by atoms with Gasteiger partial charge >= 0.3 is 0 Å². The van der Waals surface area contributed by atoms with E-state index in [1.807, 2.05) is 0 Å². The number of rotatable bonds is 7. The first-order valence-electron chi connectivity index (χ1n) is 7.63. The van der Waals surface area contributed by atoms with Crippen LogP contribution in [0.3, 0.4) is 0 Å². The lowest BCUT2D eigenvalue weighted by molar-refractivity contribution is 0.0949. The van der Waals surface area contributed by atoms with E-state index in [2.05, 4.69) is 10.2 Å². The first kappa shape index (κ1) is 15.8. The van der Waals surface area contributed by atoms with E-state index in [1.165, 1.54) is 6.07 Å². The second kappa shape index (κ2) is 8.00. The molecule has 1 amide bonds. The third kappa shape index (κ3) is 4.44. The zero-order chi connectivity index (χ0) is 15.1. The molecule has 1 aromatic rings. The summed E-state index contributed by atoms with van der Waals surface area (Å²) in [4.78, 5) is 14.2. The molecule has 0 saturated carbocycles. The molecule has 1 aromatic carbocycles. The van der Waals surface area contributed by atoms with Crippen molar-refractivity contribution < 1.29 is 15.0 Å². The normalized spacial score (nSPS) is 18.8. The van der Waals surface area contributed by atoms with Crippen LogP contribution in [0.4, 0.5) is 0 Å². The Morgan fingerprint density at radius 1 is 1.33 bits per heavy atom. The summed E-state index contributed by atoms with van der Waals surface area (Å²) in [5, 5.41) is 21.7. The number of carbonyl (C=O) groups is 1. The number of phenolic OH excluding ortho intramolecular Hbond substituents is 1. The molecule has 1 saturated heterocycles. The Morgan fingerprint density at radius 2 is 2.14 bits per heavy atom. The summed E-state index contributed by atoms with van der Waals surface area (Å²) in [6.07, 6.45) is 4.14. The highest BCUT2D eigenvalue weighted by Crippen LogP contribution is 2.17. The zero-order valence-corrected chi connectivity index (χ0v) is 12.3. The van der Waals surface area contributed by atoms with Crippen molar-refractivity contribution in [3.05, 3.63) is 29.8 Å². The molecule has 5 heteroatoms. The quantitative estimate of drug-likeness (QED) is 0.664. The number of amides is 1. The van der Waals surface area contributed by atoms with Crippen molar-refractivity contribution in [3.63, 3.8) is 0 Å². The van der Waals surface area contributed by atoms with Gasteiger partial charge in [0.2, 0.25) is 0 Å². The van der Waals surface area contributed by atoms with Gasteiger partial charge in [-0.2, -0.15) is 0 Å². The predicted octanol–water partition coefficient (Wildman–Crippen LogP) is 1.36. The molecular weight excluding hydrogens is 268 g/mol. The fraction of sp³-hybridized carbons (Fsp3) is 0.562. The van der Waals surface area contributed by atoms with Crippen molar-refractivity contribution in [2.24, 2.45) is 0 Å². The summed E-state index contributed by atoms with van der Waals surface area (Å²) in [7, 11) is 0. The van der Waals surface area contributed by atoms with E-state index >= 15 is 0 Å². The van der Waals surface area contributed by atoms with Gasteiger partial charge in [-0.1, -0.05) is 12.1 Å². The largest absolute Gasteiger partial charge is 0.507 e. The number of hydrogen-bond acceptors (Lipinski definition) is 4. The molecule has 1 aliphatic rings. The number of phenols is 1. The average molecular weight is 292 g/mol. The van der Waals surface area contributed by atoms with Crippen LogP contribution in [0.1, 0.15) is 36.0 Å². The molecule has 0 bridgehead atoms. The highest BCUT2D eigenvalue weighted by Gasteiger charge is 2.22. The highest BCUT2D eigenvalue weighted by molar-refractivity contribution is 5.96. The first-order valence-corrected chi connectivity index (χ1v) is 7.63. The molecule has 1 aliphatic heterocycles. The second-order valence-electron chi connectivity index (χ2n) is 5.49. The number of aliphatic hydroxyl groups excluding tert-OH is 1. The lowest BCUT2D eigenvalue weighted by Gasteiger charge is -2.22. The zero-order valence-electron chi connectivity index (χ0n) is 12.3. The maximum Gasteiger partial charge on any atom is 0.255 e. The second-order valence-corrected chi connectivity index (χ2v) is 5.49. The van der Waals surface area contributed by atoms with Crippen molar-refractivity contribution in [2.75, 3.05) is 26.2 Å². The van der Waals surface area contributed by atoms with Gasteiger partial charge in [-0.25, -0.2) is 0 Å². The van der Waals surface area contributed by atoms with Crippen LogP contribution in [-0.2, 0) is 0 Å². The maximum atomic E-state index is 11.9. The van der Waals surface area contributed by atoms with Gasteiger partial charge in [0.1, 0.15) is 5.75 Å². The standard InChI is InChI=1S/C16H24N2O3/c19-12-13-6-5-11-18(13)10-4-3-9-17-16(21)14-7-1-2-8-15(14)20/h1-2,7-8,13,19-20H,3-6,9-12H2,(H,17,21). The van der Waals surface area contributed by atoms with Crippen molar-refractivity contribution in [3.8, 4) is 5.75 Å². The first-order chi connectivity index (χ1) is 10.2. The Hall–Kier alpha value is -1.59. The monoisotopic (exact) mass is 292 g/mol. The third-order valence-electron chi connectivity index (χ3n) is 4.02. The molecule has 0 radical (unpaired) electrons. The number of nitrogens with zero attached hydrogens (tertiary/aromatic N) is 1. The number of unbranched alkanes of at least 4 members (excludes halogenated alkanes) is 1. The van der Waals surface area contributed by atoms with Gasteiger partial charge in [-0.05, 0) is 50.9 Å². The van der Waals surface area contributed by atoms with Gasteiger partial charge < -0.3 is 15.5 Å². The molecule has 1 fully saturated rings. The van der Waals surface area contributed by atoms with Crippen LogP contribution in [0, 0.1) is 0 Å². The molecule has 0 spiro atoms. The smallest absolute Gasteiger partial charge is 0.255 e. The van der Waals surface area contributed by atoms with E-state index in [4.69, 9.17) is 0 Å². The Balaban J connectivity index is 1.64. The number of aromatic hydroxyl groups is 1. The average Bonchev–Trinajstić information content (AvgIpc) is 2.94. The van der Waals surface area contributed by atoms with Gasteiger partial charge in [0, 0.05) is 12.6 Å². The molecular formula is C16H24N2O3. The van der Waals surface area contributed by atoms with Gasteiger partial charge in [-0.15, -0.1) is 0 Å². The maximum absolute atomic E-state index is 11.9. The molecule has 0 aromatic heterocycles. The molecule has 0 aliphatic carbocycles. The minimum atomic E-state index is -0.234. The SMILES string of the molecule is O=C(NCCCCN1CCCC1CO)c1ccccc1O. The molecule has 21 heavy (non-hydrogen) atoms. The molecule has 1 unspecified atom stereocenters. The summed E-state index contributed by atoms with van der Waals surface area (Å²) >= 11 is 0. The van der Waals surface area contributed by atoms with Crippen LogP contribution in [0.5, 0.6) is 5.75 Å². The summed E-state index contributed by atoms with van der Waals surface area (Å²) in [6.45, 7) is 2.88. The molecule has 116 valence electrons. The van der Waals surface area contributed by atoms with Gasteiger partial charge in [0.05, 0.1) is 12.2 Å². The van der Waals surface area contributed by atoms with Crippen molar-refractivity contribution in [1.29, 1.82) is 0 Å². The molecule has 1 heterocycles. The topological polar surface area (TPSA) is 72.8 Å². The lowest BCUT2D eigenvalue weighted by atomic mass is 10.2. The molecule has 1 atom stereocenters. The van der Waals surface area contributed by atoms with Crippen LogP contribution in [0.2, 0.25) is 0 Å². The molecule has 5 nitrogen and oxygen atoms in total. The van der Waals surface area contributed by atoms with Crippen molar-refractivity contribution in [2.45, 2.75) is 31.7 Å². The Morgan fingerprint density at radius 3 is 2.90 bits per heavy atom. The number of benzene rings is 1. The Labute approximate surface area is 125 Å². The van der Waals surface area contributed by atoms with E-state index in [9.17, 15) is 15.0 Å². The van der Waals surface area contributed by atoms with Crippen molar-refractivity contribution in [1.82, 2.24) is 10.2 Å². The lowest BCUT2D eigenvalue weighted by Crippen LogP contribution is -2.33. The minimum absolute atomic E-state index is 0.0119. The van der Waals surface area contributed by atoms with Crippen LogP contribution in [-0.4, -0.2) is 53.3 Å². The predicted molar refractivity (Wildman–Crippen MR) is 81.4 cm³/mol. The summed E-state index contributed by atoms with van der Waals surface area (Å²) < 4.78 is 0. The van der Waals surface area contributed by atoms with E-state index in [1.54, 1.807) is 18.2 Å². The van der Waals surface area contributed by atoms with E-state index in [0.717, 1.165) is 38.8 Å². The summed E-state index contributed by atoms with van der Waals surface area (Å²) in [5.41, 5.74) is 0.317. The molecule has 2 rings (SSSR count). The summed E-state index contributed by atoms with van der Waals surface area (Å²) in [5.74, 6) is -0.222. The Bertz CT molecular complexity index is 465. The fourth-order valence-electron chi connectivity index (χ4n) is 2.80.